The van der Waals surface area contributed by atoms with Crippen LogP contribution < -0.4 is 10.2 Å². The number of hydrogen-bond donors (Lipinski definition) is 2. The molecule has 1 aliphatic heterocycles. The van der Waals surface area contributed by atoms with Gasteiger partial charge in [-0.05, 0) is 25.5 Å². The van der Waals surface area contributed by atoms with Gasteiger partial charge in [-0.15, -0.1) is 11.3 Å². The van der Waals surface area contributed by atoms with Crippen molar-refractivity contribution in [1.82, 2.24) is 19.2 Å². The minimum Gasteiger partial charge on any atom is -0.503 e. The van der Waals surface area contributed by atoms with Crippen molar-refractivity contribution in [3.63, 3.8) is 0 Å². The molecular weight excluding hydrogens is 514 g/mol. The van der Waals surface area contributed by atoms with Gasteiger partial charge in [-0.1, -0.05) is 6.07 Å². The minimum absolute atomic E-state index is 0.0160. The Bertz CT molecular complexity index is 1500. The predicted molar refractivity (Wildman–Crippen MR) is 131 cm³/mol. The van der Waals surface area contributed by atoms with Gasteiger partial charge in [-0.25, -0.2) is 26.9 Å². The zero-order valence-electron chi connectivity index (χ0n) is 19.7. The summed E-state index contributed by atoms with van der Waals surface area (Å²) < 4.78 is 54.5. The van der Waals surface area contributed by atoms with Gasteiger partial charge >= 0.3 is 0 Å². The van der Waals surface area contributed by atoms with E-state index in [1.165, 1.54) is 27.9 Å². The Labute approximate surface area is 210 Å². The van der Waals surface area contributed by atoms with Crippen molar-refractivity contribution in [2.75, 3.05) is 19.3 Å². The average molecular weight is 539 g/mol. The molecule has 0 aliphatic carbocycles. The standard InChI is InChI=1S/C23H24F2N4O5S2/c1-12(2)28-10-15(8-27-36(3,33)34)29-11-17(20(30)21(31)19(29)23(28)32)22-26-9-16(35-22)6-13-4-5-14(24)7-18(13)25/h4-5,7,9,11-12,15,27,31H,6,8,10H2,1-3H3. The van der Waals surface area contributed by atoms with E-state index in [1.807, 2.05) is 0 Å². The van der Waals surface area contributed by atoms with Crippen LogP contribution in [0.4, 0.5) is 8.78 Å². The number of aromatic hydroxyl groups is 1. The lowest BCUT2D eigenvalue weighted by molar-refractivity contribution is 0.0601. The van der Waals surface area contributed by atoms with Gasteiger partial charge in [-0.2, -0.15) is 0 Å². The SMILES string of the molecule is CC(C)N1CC(CNS(C)(=O)=O)n2cc(-c3ncc(Cc4ccc(F)cc4F)s3)c(=O)c(O)c2C1=O. The molecule has 0 fully saturated rings. The third kappa shape index (κ3) is 5.18. The van der Waals surface area contributed by atoms with Crippen molar-refractivity contribution in [2.24, 2.45) is 0 Å². The highest BCUT2D eigenvalue weighted by Gasteiger charge is 2.36. The van der Waals surface area contributed by atoms with Gasteiger partial charge in [0.15, 0.2) is 11.4 Å². The second kappa shape index (κ2) is 9.71. The number of halogens is 2. The molecule has 3 aromatic rings. The van der Waals surface area contributed by atoms with Crippen LogP contribution in [0.15, 0.2) is 35.4 Å². The lowest BCUT2D eigenvalue weighted by Crippen LogP contribution is -2.50. The van der Waals surface area contributed by atoms with Crippen LogP contribution in [0.25, 0.3) is 10.6 Å². The van der Waals surface area contributed by atoms with Crippen LogP contribution in [0.2, 0.25) is 0 Å². The molecule has 13 heteroatoms. The first-order valence-corrected chi connectivity index (χ1v) is 13.7. The fourth-order valence-electron chi connectivity index (χ4n) is 4.03. The summed E-state index contributed by atoms with van der Waals surface area (Å²) in [4.78, 5) is 32.4. The molecule has 1 aliphatic rings. The highest BCUT2D eigenvalue weighted by Crippen LogP contribution is 2.32. The molecule has 2 aromatic heterocycles. The van der Waals surface area contributed by atoms with Crippen LogP contribution in [0.3, 0.4) is 0 Å². The van der Waals surface area contributed by atoms with Crippen LogP contribution in [-0.2, 0) is 16.4 Å². The predicted octanol–water partition coefficient (Wildman–Crippen LogP) is 2.50. The number of carbonyl (C=O) groups is 1. The summed E-state index contributed by atoms with van der Waals surface area (Å²) in [5.74, 6) is -2.70. The molecule has 9 nitrogen and oxygen atoms in total. The maximum absolute atomic E-state index is 14.1. The average Bonchev–Trinajstić information content (AvgIpc) is 3.24. The van der Waals surface area contributed by atoms with Crippen LogP contribution in [0.1, 0.15) is 40.8 Å². The fourth-order valence-corrected chi connectivity index (χ4v) is 5.47. The van der Waals surface area contributed by atoms with Crippen LogP contribution in [0, 0.1) is 11.6 Å². The largest absolute Gasteiger partial charge is 0.503 e. The van der Waals surface area contributed by atoms with Crippen molar-refractivity contribution in [1.29, 1.82) is 0 Å². The third-order valence-electron chi connectivity index (χ3n) is 5.84. The van der Waals surface area contributed by atoms with Crippen molar-refractivity contribution in [3.05, 3.63) is 68.6 Å². The third-order valence-corrected chi connectivity index (χ3v) is 7.56. The molecule has 0 spiro atoms. The Kier molecular flexibility index (Phi) is 6.99. The summed E-state index contributed by atoms with van der Waals surface area (Å²) in [7, 11) is -3.55. The monoisotopic (exact) mass is 538 g/mol. The second-order valence-corrected chi connectivity index (χ2v) is 11.8. The number of nitrogens with one attached hydrogen (secondary N) is 1. The summed E-state index contributed by atoms with van der Waals surface area (Å²) in [6, 6.07) is 2.40. The first kappa shape index (κ1) is 25.9. The molecule has 1 amide bonds. The van der Waals surface area contributed by atoms with E-state index < -0.39 is 44.8 Å². The minimum atomic E-state index is -3.55. The van der Waals surface area contributed by atoms with Crippen molar-refractivity contribution in [2.45, 2.75) is 32.4 Å². The summed E-state index contributed by atoms with van der Waals surface area (Å²) in [6.45, 7) is 3.64. The number of amides is 1. The van der Waals surface area contributed by atoms with E-state index in [0.29, 0.717) is 4.88 Å². The molecule has 2 N–H and O–H groups in total. The number of rotatable bonds is 7. The van der Waals surface area contributed by atoms with Crippen molar-refractivity contribution in [3.8, 4) is 16.3 Å². The van der Waals surface area contributed by atoms with E-state index in [2.05, 4.69) is 9.71 Å². The molecule has 1 aromatic carbocycles. The summed E-state index contributed by atoms with van der Waals surface area (Å²) in [6.07, 6.45) is 3.97. The number of pyridine rings is 1. The van der Waals surface area contributed by atoms with Gasteiger partial charge < -0.3 is 14.6 Å². The molecule has 0 bridgehead atoms. The van der Waals surface area contributed by atoms with Crippen molar-refractivity contribution < 1.29 is 27.1 Å². The quantitative estimate of drug-likeness (QED) is 0.477. The normalized spacial score (nSPS) is 16.0. The topological polar surface area (TPSA) is 122 Å². The smallest absolute Gasteiger partial charge is 0.274 e. The number of fused-ring (bicyclic) bond motifs is 1. The summed E-state index contributed by atoms with van der Waals surface area (Å²) in [5.41, 5.74) is -0.761. The van der Waals surface area contributed by atoms with Crippen LogP contribution in [-0.4, -0.2) is 59.3 Å². The van der Waals surface area contributed by atoms with Gasteiger partial charge in [0.25, 0.3) is 5.91 Å². The molecule has 3 heterocycles. The van der Waals surface area contributed by atoms with Gasteiger partial charge in [0.2, 0.25) is 15.5 Å². The Morgan fingerprint density at radius 2 is 2.00 bits per heavy atom. The number of benzene rings is 1. The van der Waals surface area contributed by atoms with Crippen LogP contribution >= 0.6 is 11.3 Å². The molecular formula is C23H24F2N4O5S2. The summed E-state index contributed by atoms with van der Waals surface area (Å²) in [5, 5.41) is 11.0. The van der Waals surface area contributed by atoms with E-state index in [0.717, 1.165) is 29.7 Å². The lowest BCUT2D eigenvalue weighted by Gasteiger charge is -2.38. The zero-order valence-corrected chi connectivity index (χ0v) is 21.3. The molecule has 1 atom stereocenters. The highest BCUT2D eigenvalue weighted by molar-refractivity contribution is 7.88. The highest BCUT2D eigenvalue weighted by atomic mass is 32.2. The number of carbonyl (C=O) groups excluding carboxylic acids is 1. The first-order chi connectivity index (χ1) is 16.9. The van der Waals surface area contributed by atoms with E-state index in [4.69, 9.17) is 0 Å². The maximum Gasteiger partial charge on any atom is 0.274 e. The first-order valence-electron chi connectivity index (χ1n) is 11.0. The Morgan fingerprint density at radius 3 is 2.64 bits per heavy atom. The molecule has 0 radical (unpaired) electrons. The molecule has 192 valence electrons. The molecule has 0 saturated carbocycles. The Balaban J connectivity index is 1.76. The van der Waals surface area contributed by atoms with Crippen LogP contribution in [0.5, 0.6) is 5.75 Å². The number of sulfonamides is 1. The molecule has 1 unspecified atom stereocenters. The zero-order chi connectivity index (χ0) is 26.4. The van der Waals surface area contributed by atoms with E-state index in [9.17, 15) is 31.9 Å². The van der Waals surface area contributed by atoms with E-state index in [-0.39, 0.29) is 47.4 Å². The second-order valence-electron chi connectivity index (χ2n) is 8.85. The number of nitrogens with zero attached hydrogens (tertiary/aromatic N) is 3. The fraction of sp³-hybridized carbons (Fsp3) is 0.348. The summed E-state index contributed by atoms with van der Waals surface area (Å²) >= 11 is 1.09. The molecule has 36 heavy (non-hydrogen) atoms. The molecule has 0 saturated heterocycles. The molecule has 4 rings (SSSR count). The van der Waals surface area contributed by atoms with E-state index >= 15 is 0 Å². The van der Waals surface area contributed by atoms with Gasteiger partial charge in [0.1, 0.15) is 16.6 Å². The van der Waals surface area contributed by atoms with Gasteiger partial charge in [-0.3, -0.25) is 9.59 Å². The maximum atomic E-state index is 14.1. The Hall–Kier alpha value is -3.16. The van der Waals surface area contributed by atoms with E-state index in [1.54, 1.807) is 13.8 Å². The van der Waals surface area contributed by atoms with Gasteiger partial charge in [0, 0.05) is 48.9 Å². The van der Waals surface area contributed by atoms with Crippen molar-refractivity contribution >= 4 is 27.3 Å². The number of hydrogen-bond acceptors (Lipinski definition) is 7. The number of aromatic nitrogens is 2. The lowest BCUT2D eigenvalue weighted by atomic mass is 10.1. The number of thiazole rings is 1. The van der Waals surface area contributed by atoms with Gasteiger partial charge in [0.05, 0.1) is 17.9 Å². The Morgan fingerprint density at radius 1 is 1.28 bits per heavy atom.